The summed E-state index contributed by atoms with van der Waals surface area (Å²) in [6.45, 7) is 0.321. The Kier molecular flexibility index (Phi) is 3.38. The summed E-state index contributed by atoms with van der Waals surface area (Å²) in [5, 5.41) is 0.376. The Labute approximate surface area is 97.5 Å². The molecule has 2 heterocycles. The first kappa shape index (κ1) is 10.9. The van der Waals surface area contributed by atoms with Crippen LogP contribution < -0.4 is 0 Å². The molecule has 0 saturated carbocycles. The summed E-state index contributed by atoms with van der Waals surface area (Å²) in [6.07, 6.45) is 4.80. The van der Waals surface area contributed by atoms with Crippen LogP contribution in [0, 0.1) is 0 Å². The van der Waals surface area contributed by atoms with Gasteiger partial charge in [0.05, 0.1) is 5.69 Å². The predicted octanol–water partition coefficient (Wildman–Crippen LogP) is 1.73. The third kappa shape index (κ3) is 2.50. The third-order valence-corrected chi connectivity index (χ3v) is 2.06. The van der Waals surface area contributed by atoms with Crippen LogP contribution >= 0.6 is 11.6 Å². The molecule has 82 valence electrons. The number of methoxy groups -OCH3 is 1. The topological polar surface area (TPSA) is 60.8 Å². The summed E-state index contributed by atoms with van der Waals surface area (Å²) in [4.78, 5) is 16.2. The van der Waals surface area contributed by atoms with Crippen molar-refractivity contribution in [3.63, 3.8) is 0 Å². The average Bonchev–Trinajstić information content (AvgIpc) is 2.30. The van der Waals surface area contributed by atoms with E-state index in [0.29, 0.717) is 23.3 Å². The Hall–Kier alpha value is -1.59. The highest BCUT2D eigenvalue weighted by Crippen LogP contribution is 2.18. The molecule has 0 atom stereocenters. The van der Waals surface area contributed by atoms with E-state index >= 15 is 0 Å². The summed E-state index contributed by atoms with van der Waals surface area (Å²) in [5.74, 6) is 0.536. The number of ether oxygens (including phenoxy) is 1. The van der Waals surface area contributed by atoms with E-state index in [1.807, 2.05) is 0 Å². The Bertz CT molecular complexity index is 478. The van der Waals surface area contributed by atoms with Gasteiger partial charge in [-0.25, -0.2) is 19.9 Å². The maximum atomic E-state index is 5.89. The number of nitrogens with zero attached hydrogens (tertiary/aromatic N) is 4. The SMILES string of the molecule is COCc1nc(Cl)cc(-c2cncnc2)n1. The van der Waals surface area contributed by atoms with Crippen molar-refractivity contribution < 1.29 is 4.74 Å². The highest BCUT2D eigenvalue weighted by molar-refractivity contribution is 6.29. The molecular weight excluding hydrogens is 228 g/mol. The van der Waals surface area contributed by atoms with Gasteiger partial charge in [0.15, 0.2) is 5.82 Å². The molecule has 0 fully saturated rings. The first-order chi connectivity index (χ1) is 7.79. The number of hydrogen-bond acceptors (Lipinski definition) is 5. The summed E-state index contributed by atoms with van der Waals surface area (Å²) in [7, 11) is 1.58. The molecule has 0 N–H and O–H groups in total. The molecule has 0 aromatic carbocycles. The van der Waals surface area contributed by atoms with Crippen molar-refractivity contribution in [2.45, 2.75) is 6.61 Å². The van der Waals surface area contributed by atoms with Crippen LogP contribution in [0.3, 0.4) is 0 Å². The maximum absolute atomic E-state index is 5.89. The van der Waals surface area contributed by atoms with Crippen molar-refractivity contribution in [3.8, 4) is 11.3 Å². The van der Waals surface area contributed by atoms with Crippen molar-refractivity contribution >= 4 is 11.6 Å². The summed E-state index contributed by atoms with van der Waals surface area (Å²) in [6, 6.07) is 1.67. The molecule has 0 radical (unpaired) electrons. The predicted molar refractivity (Wildman–Crippen MR) is 58.8 cm³/mol. The fourth-order valence-electron chi connectivity index (χ4n) is 1.24. The summed E-state index contributed by atoms with van der Waals surface area (Å²) < 4.78 is 4.96. The number of rotatable bonds is 3. The second kappa shape index (κ2) is 4.96. The average molecular weight is 237 g/mol. The van der Waals surface area contributed by atoms with Crippen molar-refractivity contribution in [1.82, 2.24) is 19.9 Å². The second-order valence-corrected chi connectivity index (χ2v) is 3.44. The van der Waals surface area contributed by atoms with Gasteiger partial charge in [-0.3, -0.25) is 0 Å². The molecule has 16 heavy (non-hydrogen) atoms. The lowest BCUT2D eigenvalue weighted by molar-refractivity contribution is 0.178. The van der Waals surface area contributed by atoms with Crippen molar-refractivity contribution in [3.05, 3.63) is 35.8 Å². The van der Waals surface area contributed by atoms with Crippen LogP contribution in [0.1, 0.15) is 5.82 Å². The van der Waals surface area contributed by atoms with Gasteiger partial charge in [0, 0.05) is 31.1 Å². The molecule has 2 aromatic rings. The van der Waals surface area contributed by atoms with Gasteiger partial charge in [0.25, 0.3) is 0 Å². The first-order valence-corrected chi connectivity index (χ1v) is 4.95. The largest absolute Gasteiger partial charge is 0.377 e. The van der Waals surface area contributed by atoms with Crippen LogP contribution in [-0.2, 0) is 11.3 Å². The van der Waals surface area contributed by atoms with E-state index < -0.39 is 0 Å². The van der Waals surface area contributed by atoms with Gasteiger partial charge in [-0.05, 0) is 0 Å². The minimum Gasteiger partial charge on any atom is -0.377 e. The van der Waals surface area contributed by atoms with E-state index in [9.17, 15) is 0 Å². The van der Waals surface area contributed by atoms with Crippen LogP contribution in [0.4, 0.5) is 0 Å². The molecule has 0 aliphatic heterocycles. The van der Waals surface area contributed by atoms with Crippen LogP contribution in [0.15, 0.2) is 24.8 Å². The Morgan fingerprint density at radius 1 is 1.25 bits per heavy atom. The van der Waals surface area contributed by atoms with E-state index in [1.165, 1.54) is 6.33 Å². The molecule has 2 aromatic heterocycles. The van der Waals surface area contributed by atoms with Crippen molar-refractivity contribution in [2.24, 2.45) is 0 Å². The molecule has 0 spiro atoms. The molecule has 5 nitrogen and oxygen atoms in total. The molecule has 0 unspecified atom stereocenters. The number of aromatic nitrogens is 4. The first-order valence-electron chi connectivity index (χ1n) is 4.57. The normalized spacial score (nSPS) is 10.4. The lowest BCUT2D eigenvalue weighted by Gasteiger charge is -2.03. The smallest absolute Gasteiger partial charge is 0.156 e. The minimum atomic E-state index is 0.321. The van der Waals surface area contributed by atoms with Crippen LogP contribution in [0.5, 0.6) is 0 Å². The third-order valence-electron chi connectivity index (χ3n) is 1.87. The van der Waals surface area contributed by atoms with Crippen molar-refractivity contribution in [2.75, 3.05) is 7.11 Å². The van der Waals surface area contributed by atoms with Gasteiger partial charge in [0.1, 0.15) is 18.1 Å². The molecule has 0 bridgehead atoms. The summed E-state index contributed by atoms with van der Waals surface area (Å²) >= 11 is 5.89. The van der Waals surface area contributed by atoms with Gasteiger partial charge < -0.3 is 4.74 Å². The van der Waals surface area contributed by atoms with E-state index in [0.717, 1.165) is 5.56 Å². The summed E-state index contributed by atoms with van der Waals surface area (Å²) in [5.41, 5.74) is 1.48. The van der Waals surface area contributed by atoms with Gasteiger partial charge in [-0.2, -0.15) is 0 Å². The molecule has 0 aliphatic carbocycles. The van der Waals surface area contributed by atoms with E-state index in [4.69, 9.17) is 16.3 Å². The van der Waals surface area contributed by atoms with Gasteiger partial charge >= 0.3 is 0 Å². The Morgan fingerprint density at radius 3 is 2.69 bits per heavy atom. The lowest BCUT2D eigenvalue weighted by atomic mass is 10.2. The lowest BCUT2D eigenvalue weighted by Crippen LogP contribution is -1.99. The Balaban J connectivity index is 2.41. The minimum absolute atomic E-state index is 0.321. The standard InChI is InChI=1S/C10H9ClN4O/c1-16-5-10-14-8(2-9(11)15-10)7-3-12-6-13-4-7/h2-4,6H,5H2,1H3. The molecular formula is C10H9ClN4O. The van der Waals surface area contributed by atoms with E-state index in [2.05, 4.69) is 19.9 Å². The van der Waals surface area contributed by atoms with E-state index in [1.54, 1.807) is 25.6 Å². The van der Waals surface area contributed by atoms with Crippen LogP contribution in [-0.4, -0.2) is 27.0 Å². The molecule has 0 amide bonds. The van der Waals surface area contributed by atoms with E-state index in [-0.39, 0.29) is 0 Å². The van der Waals surface area contributed by atoms with Crippen LogP contribution in [0.25, 0.3) is 11.3 Å². The monoisotopic (exact) mass is 236 g/mol. The number of hydrogen-bond donors (Lipinski definition) is 0. The maximum Gasteiger partial charge on any atom is 0.156 e. The Morgan fingerprint density at radius 2 is 2.00 bits per heavy atom. The van der Waals surface area contributed by atoms with Crippen molar-refractivity contribution in [1.29, 1.82) is 0 Å². The zero-order chi connectivity index (χ0) is 11.4. The molecule has 0 saturated heterocycles. The number of halogens is 1. The molecule has 0 aliphatic rings. The quantitative estimate of drug-likeness (QED) is 0.760. The van der Waals surface area contributed by atoms with Gasteiger partial charge in [-0.1, -0.05) is 11.6 Å². The van der Waals surface area contributed by atoms with Gasteiger partial charge in [0.2, 0.25) is 0 Å². The molecule has 2 rings (SSSR count). The zero-order valence-corrected chi connectivity index (χ0v) is 9.35. The second-order valence-electron chi connectivity index (χ2n) is 3.05. The van der Waals surface area contributed by atoms with Gasteiger partial charge in [-0.15, -0.1) is 0 Å². The van der Waals surface area contributed by atoms with Crippen LogP contribution in [0.2, 0.25) is 5.15 Å². The zero-order valence-electron chi connectivity index (χ0n) is 8.59. The highest BCUT2D eigenvalue weighted by Gasteiger charge is 2.05. The highest BCUT2D eigenvalue weighted by atomic mass is 35.5. The fraction of sp³-hybridized carbons (Fsp3) is 0.200. The fourth-order valence-corrected chi connectivity index (χ4v) is 1.44. The molecule has 6 heteroatoms.